The molecule has 0 spiro atoms. The Morgan fingerprint density at radius 2 is 2.00 bits per heavy atom. The summed E-state index contributed by atoms with van der Waals surface area (Å²) in [5, 5.41) is 19.1. The SMILES string of the molecule is Cc1ccc2nc(CN3CC(O)C(O)C3)cc(=O)n2c1. The van der Waals surface area contributed by atoms with Crippen LogP contribution in [0.15, 0.2) is 29.2 Å². The van der Waals surface area contributed by atoms with Crippen molar-refractivity contribution in [2.45, 2.75) is 25.7 Å². The van der Waals surface area contributed by atoms with E-state index in [4.69, 9.17) is 0 Å². The maximum atomic E-state index is 12.1. The van der Waals surface area contributed by atoms with Crippen molar-refractivity contribution >= 4 is 5.65 Å². The van der Waals surface area contributed by atoms with Crippen molar-refractivity contribution in [3.63, 3.8) is 0 Å². The van der Waals surface area contributed by atoms with Gasteiger partial charge in [0.15, 0.2) is 0 Å². The van der Waals surface area contributed by atoms with Crippen LogP contribution in [0.1, 0.15) is 11.3 Å². The predicted molar refractivity (Wildman–Crippen MR) is 73.5 cm³/mol. The third-order valence-electron chi connectivity index (χ3n) is 3.58. The lowest BCUT2D eigenvalue weighted by molar-refractivity contribution is 0.0572. The Hall–Kier alpha value is -1.76. The highest BCUT2D eigenvalue weighted by molar-refractivity contribution is 5.39. The number of aryl methyl sites for hydroxylation is 1. The van der Waals surface area contributed by atoms with Crippen molar-refractivity contribution < 1.29 is 10.2 Å². The summed E-state index contributed by atoms with van der Waals surface area (Å²) in [4.78, 5) is 18.4. The van der Waals surface area contributed by atoms with Gasteiger partial charge in [-0.05, 0) is 18.6 Å². The molecule has 2 N–H and O–H groups in total. The molecule has 3 heterocycles. The van der Waals surface area contributed by atoms with Crippen LogP contribution in [0.4, 0.5) is 0 Å². The molecular weight excluding hydrogens is 258 g/mol. The molecule has 0 aromatic carbocycles. The summed E-state index contributed by atoms with van der Waals surface area (Å²) in [7, 11) is 0. The summed E-state index contributed by atoms with van der Waals surface area (Å²) in [6.45, 7) is 3.17. The average Bonchev–Trinajstić information content (AvgIpc) is 2.69. The number of aromatic nitrogens is 2. The van der Waals surface area contributed by atoms with Crippen molar-refractivity contribution in [3.8, 4) is 0 Å². The maximum absolute atomic E-state index is 12.1. The number of aliphatic hydroxyl groups excluding tert-OH is 2. The lowest BCUT2D eigenvalue weighted by Gasteiger charge is -2.14. The Bertz CT molecular complexity index is 688. The lowest BCUT2D eigenvalue weighted by Crippen LogP contribution is -2.24. The summed E-state index contributed by atoms with van der Waals surface area (Å²) in [5.74, 6) is 0. The average molecular weight is 275 g/mol. The van der Waals surface area contributed by atoms with Gasteiger partial charge in [0, 0.05) is 31.9 Å². The lowest BCUT2D eigenvalue weighted by atomic mass is 10.3. The van der Waals surface area contributed by atoms with Crippen LogP contribution in [0.2, 0.25) is 0 Å². The largest absolute Gasteiger partial charge is 0.389 e. The van der Waals surface area contributed by atoms with E-state index in [1.165, 1.54) is 10.5 Å². The molecule has 1 fully saturated rings. The minimum Gasteiger partial charge on any atom is -0.389 e. The predicted octanol–water partition coefficient (Wildman–Crippen LogP) is -0.460. The van der Waals surface area contributed by atoms with Gasteiger partial charge in [-0.25, -0.2) is 4.98 Å². The molecule has 2 aromatic rings. The van der Waals surface area contributed by atoms with E-state index in [1.54, 1.807) is 6.20 Å². The van der Waals surface area contributed by atoms with Crippen molar-refractivity contribution in [1.82, 2.24) is 14.3 Å². The Balaban J connectivity index is 1.90. The third-order valence-corrected chi connectivity index (χ3v) is 3.58. The zero-order valence-electron chi connectivity index (χ0n) is 11.2. The maximum Gasteiger partial charge on any atom is 0.258 e. The molecule has 2 unspecified atom stereocenters. The highest BCUT2D eigenvalue weighted by Crippen LogP contribution is 2.13. The fraction of sp³-hybridized carbons (Fsp3) is 0.429. The van der Waals surface area contributed by atoms with Gasteiger partial charge in [0.05, 0.1) is 17.9 Å². The second-order valence-electron chi connectivity index (χ2n) is 5.35. The number of pyridine rings is 1. The molecule has 1 aliphatic rings. The second-order valence-corrected chi connectivity index (χ2v) is 5.35. The van der Waals surface area contributed by atoms with Crippen molar-refractivity contribution in [3.05, 3.63) is 46.0 Å². The third kappa shape index (κ3) is 2.45. The molecule has 2 aromatic heterocycles. The van der Waals surface area contributed by atoms with E-state index < -0.39 is 12.2 Å². The van der Waals surface area contributed by atoms with Crippen molar-refractivity contribution in [2.24, 2.45) is 0 Å². The van der Waals surface area contributed by atoms with Gasteiger partial charge in [0.2, 0.25) is 0 Å². The van der Waals surface area contributed by atoms with E-state index in [1.807, 2.05) is 24.0 Å². The molecule has 106 valence electrons. The van der Waals surface area contributed by atoms with E-state index >= 15 is 0 Å². The van der Waals surface area contributed by atoms with Crippen LogP contribution in [0.5, 0.6) is 0 Å². The smallest absolute Gasteiger partial charge is 0.258 e. The molecule has 2 atom stereocenters. The monoisotopic (exact) mass is 275 g/mol. The molecule has 20 heavy (non-hydrogen) atoms. The van der Waals surface area contributed by atoms with Crippen molar-refractivity contribution in [2.75, 3.05) is 13.1 Å². The van der Waals surface area contributed by atoms with Gasteiger partial charge in [0.1, 0.15) is 5.65 Å². The molecular formula is C14H17N3O3. The molecule has 0 bridgehead atoms. The first-order chi connectivity index (χ1) is 9.52. The first kappa shape index (κ1) is 13.2. The minimum atomic E-state index is -0.723. The zero-order valence-corrected chi connectivity index (χ0v) is 11.2. The fourth-order valence-electron chi connectivity index (χ4n) is 2.54. The van der Waals surface area contributed by atoms with Crippen molar-refractivity contribution in [1.29, 1.82) is 0 Å². The normalized spacial score (nSPS) is 23.6. The van der Waals surface area contributed by atoms with Crippen LogP contribution < -0.4 is 5.56 Å². The van der Waals surface area contributed by atoms with Gasteiger partial charge in [-0.1, -0.05) is 6.07 Å². The van der Waals surface area contributed by atoms with Crippen LogP contribution in [-0.2, 0) is 6.54 Å². The van der Waals surface area contributed by atoms with Gasteiger partial charge in [-0.2, -0.15) is 0 Å². The molecule has 0 radical (unpaired) electrons. The van der Waals surface area contributed by atoms with E-state index in [0.29, 0.717) is 31.0 Å². The van der Waals surface area contributed by atoms with Crippen LogP contribution >= 0.6 is 0 Å². The van der Waals surface area contributed by atoms with Gasteiger partial charge in [-0.3, -0.25) is 14.1 Å². The quantitative estimate of drug-likeness (QED) is 0.775. The Morgan fingerprint density at radius 3 is 2.70 bits per heavy atom. The molecule has 6 heteroatoms. The highest BCUT2D eigenvalue weighted by Gasteiger charge is 2.29. The first-order valence-corrected chi connectivity index (χ1v) is 6.60. The topological polar surface area (TPSA) is 78.1 Å². The number of β-amino-alcohol motifs (C(OH)–C–C–N with tert-alkyl or cyclic N) is 2. The summed E-state index contributed by atoms with van der Waals surface area (Å²) in [6, 6.07) is 5.23. The van der Waals surface area contributed by atoms with Gasteiger partial charge in [-0.15, -0.1) is 0 Å². The molecule has 6 nitrogen and oxygen atoms in total. The molecule has 0 saturated carbocycles. The van der Waals surface area contributed by atoms with Crippen LogP contribution in [-0.4, -0.2) is 49.8 Å². The molecule has 3 rings (SSSR count). The number of hydrogen-bond donors (Lipinski definition) is 2. The standard InChI is InChI=1S/C14H17N3O3/c1-9-2-3-13-15-10(4-14(20)17(13)5-9)6-16-7-11(18)12(19)8-16/h2-5,11-12,18-19H,6-8H2,1H3. The Kier molecular flexibility index (Phi) is 3.29. The van der Waals surface area contributed by atoms with Crippen LogP contribution in [0.3, 0.4) is 0 Å². The number of nitrogens with zero attached hydrogens (tertiary/aromatic N) is 3. The summed E-state index contributed by atoms with van der Waals surface area (Å²) in [5.41, 5.74) is 2.15. The molecule has 1 saturated heterocycles. The van der Waals surface area contributed by atoms with Crippen LogP contribution in [0.25, 0.3) is 5.65 Å². The number of fused-ring (bicyclic) bond motifs is 1. The second kappa shape index (κ2) is 4.97. The summed E-state index contributed by atoms with van der Waals surface area (Å²) >= 11 is 0. The van der Waals surface area contributed by atoms with Gasteiger partial charge in [0.25, 0.3) is 5.56 Å². The summed E-state index contributed by atoms with van der Waals surface area (Å²) in [6.07, 6.45) is 0.316. The minimum absolute atomic E-state index is 0.117. The van der Waals surface area contributed by atoms with E-state index in [9.17, 15) is 15.0 Å². The van der Waals surface area contributed by atoms with Gasteiger partial charge >= 0.3 is 0 Å². The van der Waals surface area contributed by atoms with Gasteiger partial charge < -0.3 is 10.2 Å². The number of rotatable bonds is 2. The number of likely N-dealkylation sites (tertiary alicyclic amines) is 1. The van der Waals surface area contributed by atoms with E-state index in [2.05, 4.69) is 4.98 Å². The van der Waals surface area contributed by atoms with E-state index in [0.717, 1.165) is 5.56 Å². The van der Waals surface area contributed by atoms with E-state index in [-0.39, 0.29) is 5.56 Å². The molecule has 0 aliphatic carbocycles. The Labute approximate surface area is 115 Å². The summed E-state index contributed by atoms with van der Waals surface area (Å²) < 4.78 is 1.52. The molecule has 0 amide bonds. The molecule has 1 aliphatic heterocycles. The zero-order chi connectivity index (χ0) is 14.3. The highest BCUT2D eigenvalue weighted by atomic mass is 16.3. The number of hydrogen-bond acceptors (Lipinski definition) is 5. The van der Waals surface area contributed by atoms with Crippen LogP contribution in [0, 0.1) is 6.92 Å². The fourth-order valence-corrected chi connectivity index (χ4v) is 2.54. The Morgan fingerprint density at radius 1 is 1.30 bits per heavy atom. The number of aliphatic hydroxyl groups is 2. The first-order valence-electron chi connectivity index (χ1n) is 6.60.